The van der Waals surface area contributed by atoms with Crippen molar-refractivity contribution in [3.63, 3.8) is 0 Å². The van der Waals surface area contributed by atoms with Crippen molar-refractivity contribution in [2.45, 2.75) is 0 Å². The molecule has 2 aromatic rings. The van der Waals surface area contributed by atoms with Gasteiger partial charge in [-0.05, 0) is 12.1 Å². The minimum Gasteiger partial charge on any atom is -0.477 e. The Morgan fingerprint density at radius 3 is 2.29 bits per heavy atom. The second-order valence-corrected chi connectivity index (χ2v) is 3.29. The zero-order chi connectivity index (χ0) is 12.6. The molecule has 6 heteroatoms. The van der Waals surface area contributed by atoms with E-state index in [0.717, 1.165) is 16.7 Å². The Morgan fingerprint density at radius 1 is 1.18 bits per heavy atom. The number of hydrogen-bond acceptors (Lipinski definition) is 1. The summed E-state index contributed by atoms with van der Waals surface area (Å²) in [6.07, 6.45) is 1.32. The molecule has 1 N–H and O–H groups in total. The molecular weight excluding hydrogens is 235 g/mol. The Balaban J connectivity index is 2.61. The van der Waals surface area contributed by atoms with Crippen LogP contribution >= 0.6 is 0 Å². The highest BCUT2D eigenvalue weighted by molar-refractivity contribution is 5.86. The molecule has 0 saturated carbocycles. The first kappa shape index (κ1) is 11.3. The van der Waals surface area contributed by atoms with Gasteiger partial charge in [-0.1, -0.05) is 0 Å². The number of carbonyl (C=O) groups is 1. The third-order valence-corrected chi connectivity index (χ3v) is 2.21. The number of aromatic nitrogens is 1. The van der Waals surface area contributed by atoms with Crippen LogP contribution < -0.4 is 0 Å². The second kappa shape index (κ2) is 3.97. The van der Waals surface area contributed by atoms with Gasteiger partial charge in [0.15, 0.2) is 17.5 Å². The molecule has 88 valence electrons. The van der Waals surface area contributed by atoms with Crippen LogP contribution in [0.2, 0.25) is 0 Å². The molecule has 1 heterocycles. The molecule has 0 aliphatic heterocycles. The smallest absolute Gasteiger partial charge is 0.352 e. The van der Waals surface area contributed by atoms with Gasteiger partial charge in [0, 0.05) is 18.3 Å². The molecular formula is C11H6F3NO2. The maximum absolute atomic E-state index is 13.0. The number of carboxylic acid groups (broad SMARTS) is 1. The van der Waals surface area contributed by atoms with Crippen molar-refractivity contribution in [3.05, 3.63) is 53.6 Å². The molecule has 0 bridgehead atoms. The molecule has 0 aliphatic rings. The maximum atomic E-state index is 13.0. The minimum absolute atomic E-state index is 0.0937. The van der Waals surface area contributed by atoms with Crippen molar-refractivity contribution >= 4 is 5.97 Å². The first-order valence-electron chi connectivity index (χ1n) is 4.56. The van der Waals surface area contributed by atoms with E-state index < -0.39 is 23.4 Å². The molecule has 0 fully saturated rings. The monoisotopic (exact) mass is 241 g/mol. The highest BCUT2D eigenvalue weighted by Gasteiger charge is 2.15. The van der Waals surface area contributed by atoms with Crippen LogP contribution in [0.25, 0.3) is 5.69 Å². The number of halogens is 3. The molecule has 0 radical (unpaired) electrons. The van der Waals surface area contributed by atoms with Crippen molar-refractivity contribution in [2.24, 2.45) is 0 Å². The van der Waals surface area contributed by atoms with Gasteiger partial charge < -0.3 is 9.67 Å². The summed E-state index contributed by atoms with van der Waals surface area (Å²) in [5, 5.41) is 8.83. The summed E-state index contributed by atoms with van der Waals surface area (Å²) in [7, 11) is 0. The van der Waals surface area contributed by atoms with Gasteiger partial charge in [-0.3, -0.25) is 0 Å². The highest BCUT2D eigenvalue weighted by Crippen LogP contribution is 2.19. The lowest BCUT2D eigenvalue weighted by Crippen LogP contribution is -2.07. The molecule has 0 spiro atoms. The average molecular weight is 241 g/mol. The zero-order valence-corrected chi connectivity index (χ0v) is 8.32. The number of carboxylic acids is 1. The van der Waals surface area contributed by atoms with Gasteiger partial charge in [-0.15, -0.1) is 0 Å². The van der Waals surface area contributed by atoms with Gasteiger partial charge in [0.05, 0.1) is 5.69 Å². The standard InChI is InChI=1S/C11H6F3NO2/c12-7-4-6(5-8(13)10(7)14)15-3-1-2-9(15)11(16)17/h1-5H,(H,16,17). The van der Waals surface area contributed by atoms with E-state index in [1.54, 1.807) is 0 Å². The number of hydrogen-bond donors (Lipinski definition) is 1. The number of benzene rings is 1. The number of aromatic carboxylic acids is 1. The summed E-state index contributed by atoms with van der Waals surface area (Å²) in [5.41, 5.74) is -0.265. The molecule has 3 nitrogen and oxygen atoms in total. The van der Waals surface area contributed by atoms with Crippen molar-refractivity contribution in [3.8, 4) is 5.69 Å². The van der Waals surface area contributed by atoms with E-state index in [0.29, 0.717) is 0 Å². The molecule has 0 saturated heterocycles. The molecule has 0 aliphatic carbocycles. The molecule has 2 rings (SSSR count). The molecule has 0 amide bonds. The van der Waals surface area contributed by atoms with Crippen LogP contribution in [0.15, 0.2) is 30.5 Å². The summed E-state index contributed by atoms with van der Waals surface area (Å²) in [6, 6.07) is 4.12. The SMILES string of the molecule is O=C(O)c1cccn1-c1cc(F)c(F)c(F)c1. The van der Waals surface area contributed by atoms with Crippen LogP contribution in [-0.2, 0) is 0 Å². The Labute approximate surface area is 93.7 Å². The van der Waals surface area contributed by atoms with E-state index in [4.69, 9.17) is 5.11 Å². The quantitative estimate of drug-likeness (QED) is 0.821. The van der Waals surface area contributed by atoms with Crippen LogP contribution in [0.3, 0.4) is 0 Å². The lowest BCUT2D eigenvalue weighted by Gasteiger charge is -2.07. The van der Waals surface area contributed by atoms with Gasteiger partial charge in [0.2, 0.25) is 0 Å². The second-order valence-electron chi connectivity index (χ2n) is 3.29. The van der Waals surface area contributed by atoms with Crippen LogP contribution in [0, 0.1) is 17.5 Å². The first-order valence-corrected chi connectivity index (χ1v) is 4.56. The molecule has 1 aromatic heterocycles. The van der Waals surface area contributed by atoms with Crippen molar-refractivity contribution in [1.82, 2.24) is 4.57 Å². The Morgan fingerprint density at radius 2 is 1.76 bits per heavy atom. The summed E-state index contributed by atoms with van der Waals surface area (Å²) < 4.78 is 39.8. The van der Waals surface area contributed by atoms with Gasteiger partial charge in [0.25, 0.3) is 0 Å². The lowest BCUT2D eigenvalue weighted by molar-refractivity contribution is 0.0688. The van der Waals surface area contributed by atoms with Crippen LogP contribution in [0.1, 0.15) is 10.5 Å². The third kappa shape index (κ3) is 1.89. The highest BCUT2D eigenvalue weighted by atomic mass is 19.2. The normalized spacial score (nSPS) is 10.5. The number of nitrogens with zero attached hydrogens (tertiary/aromatic N) is 1. The van der Waals surface area contributed by atoms with Crippen molar-refractivity contribution < 1.29 is 23.1 Å². The van der Waals surface area contributed by atoms with Crippen LogP contribution in [0.4, 0.5) is 13.2 Å². The van der Waals surface area contributed by atoms with E-state index in [-0.39, 0.29) is 11.4 Å². The van der Waals surface area contributed by atoms with Gasteiger partial charge in [-0.2, -0.15) is 0 Å². The average Bonchev–Trinajstić information content (AvgIpc) is 2.74. The van der Waals surface area contributed by atoms with E-state index in [2.05, 4.69) is 0 Å². The van der Waals surface area contributed by atoms with Crippen molar-refractivity contribution in [1.29, 1.82) is 0 Å². The summed E-state index contributed by atoms with van der Waals surface area (Å²) >= 11 is 0. The summed E-state index contributed by atoms with van der Waals surface area (Å²) in [4.78, 5) is 10.8. The summed E-state index contributed by atoms with van der Waals surface area (Å²) in [6.45, 7) is 0. The molecule has 1 aromatic carbocycles. The van der Waals surface area contributed by atoms with E-state index in [9.17, 15) is 18.0 Å². The van der Waals surface area contributed by atoms with E-state index in [1.807, 2.05) is 0 Å². The van der Waals surface area contributed by atoms with E-state index >= 15 is 0 Å². The maximum Gasteiger partial charge on any atom is 0.352 e. The van der Waals surface area contributed by atoms with Gasteiger partial charge in [0.1, 0.15) is 5.69 Å². The first-order chi connectivity index (χ1) is 8.00. The Hall–Kier alpha value is -2.24. The van der Waals surface area contributed by atoms with E-state index in [1.165, 1.54) is 18.3 Å². The predicted octanol–water partition coefficient (Wildman–Crippen LogP) is 2.59. The largest absolute Gasteiger partial charge is 0.477 e. The number of rotatable bonds is 2. The fraction of sp³-hybridized carbons (Fsp3) is 0. The third-order valence-electron chi connectivity index (χ3n) is 2.21. The Kier molecular flexibility index (Phi) is 2.63. The molecule has 0 atom stereocenters. The van der Waals surface area contributed by atoms with Gasteiger partial charge in [-0.25, -0.2) is 18.0 Å². The van der Waals surface area contributed by atoms with Crippen molar-refractivity contribution in [2.75, 3.05) is 0 Å². The summed E-state index contributed by atoms with van der Waals surface area (Å²) in [5.74, 6) is -5.58. The molecule has 17 heavy (non-hydrogen) atoms. The van der Waals surface area contributed by atoms with Gasteiger partial charge >= 0.3 is 5.97 Å². The van der Waals surface area contributed by atoms with Crippen LogP contribution in [0.5, 0.6) is 0 Å². The van der Waals surface area contributed by atoms with Crippen LogP contribution in [-0.4, -0.2) is 15.6 Å². The lowest BCUT2D eigenvalue weighted by atomic mass is 10.2. The predicted molar refractivity (Wildman–Crippen MR) is 52.6 cm³/mol. The minimum atomic E-state index is -1.59. The fourth-order valence-electron chi connectivity index (χ4n) is 1.46. The fourth-order valence-corrected chi connectivity index (χ4v) is 1.46. The topological polar surface area (TPSA) is 42.2 Å². The Bertz CT molecular complexity index is 569. The molecule has 0 unspecified atom stereocenters. The zero-order valence-electron chi connectivity index (χ0n) is 8.32.